The van der Waals surface area contributed by atoms with Crippen molar-refractivity contribution in [3.8, 4) is 0 Å². The van der Waals surface area contributed by atoms with Crippen molar-refractivity contribution in [2.75, 3.05) is 0 Å². The maximum absolute atomic E-state index is 9.93. The number of aromatic nitrogens is 5. The molecule has 0 bridgehead atoms. The highest BCUT2D eigenvalue weighted by Gasteiger charge is 2.17. The van der Waals surface area contributed by atoms with Crippen LogP contribution in [0.5, 0.6) is 0 Å². The van der Waals surface area contributed by atoms with Gasteiger partial charge in [0.25, 0.3) is 0 Å². The molecule has 86 valence electrons. The van der Waals surface area contributed by atoms with E-state index in [-0.39, 0.29) is 0 Å². The smallest absolute Gasteiger partial charge is 0.153 e. The molecule has 0 radical (unpaired) electrons. The number of hydrogen-bond acceptors (Lipinski definition) is 4. The normalized spacial score (nSPS) is 13.0. The topological polar surface area (TPSA) is 79.6 Å². The third kappa shape index (κ3) is 2.00. The molecule has 0 aliphatic carbocycles. The summed E-state index contributed by atoms with van der Waals surface area (Å²) in [6.45, 7) is 1.91. The number of nitrogens with zero attached hydrogens (tertiary/aromatic N) is 4. The van der Waals surface area contributed by atoms with Gasteiger partial charge >= 0.3 is 0 Å². The molecule has 2 heterocycles. The molecule has 0 amide bonds. The minimum atomic E-state index is -0.700. The first-order valence-corrected chi connectivity index (χ1v) is 5.60. The number of aromatic amines is 1. The number of H-pyrrole nitrogens is 1. The number of aryl methyl sites for hydroxylation is 2. The lowest BCUT2D eigenvalue weighted by molar-refractivity contribution is 0.166. The molecule has 0 fully saturated rings. The maximum Gasteiger partial charge on any atom is 0.153 e. The average Bonchev–Trinajstić information content (AvgIpc) is 2.83. The monoisotopic (exact) mass is 285 g/mol. The van der Waals surface area contributed by atoms with Crippen LogP contribution in [-0.4, -0.2) is 30.1 Å². The van der Waals surface area contributed by atoms with Crippen molar-refractivity contribution in [3.05, 3.63) is 28.0 Å². The minimum Gasteiger partial charge on any atom is -0.385 e. The quantitative estimate of drug-likeness (QED) is 0.878. The van der Waals surface area contributed by atoms with Crippen molar-refractivity contribution in [2.24, 2.45) is 7.05 Å². The van der Waals surface area contributed by atoms with Crippen LogP contribution in [0.4, 0.5) is 0 Å². The van der Waals surface area contributed by atoms with Gasteiger partial charge in [-0.25, -0.2) is 4.98 Å². The van der Waals surface area contributed by atoms with Gasteiger partial charge in [0, 0.05) is 13.5 Å². The first-order chi connectivity index (χ1) is 7.59. The van der Waals surface area contributed by atoms with Crippen LogP contribution in [0.25, 0.3) is 0 Å². The van der Waals surface area contributed by atoms with Crippen molar-refractivity contribution in [3.63, 3.8) is 0 Å². The second-order valence-electron chi connectivity index (χ2n) is 3.56. The Balaban J connectivity index is 2.21. The fourth-order valence-corrected chi connectivity index (χ4v) is 2.05. The van der Waals surface area contributed by atoms with E-state index in [9.17, 15) is 5.11 Å². The summed E-state index contributed by atoms with van der Waals surface area (Å²) in [4.78, 5) is 3.92. The Morgan fingerprint density at radius 1 is 1.62 bits per heavy atom. The molecule has 7 heteroatoms. The molecule has 0 saturated heterocycles. The van der Waals surface area contributed by atoms with Gasteiger partial charge in [-0.2, -0.15) is 10.2 Å². The molecule has 0 aliphatic rings. The van der Waals surface area contributed by atoms with E-state index < -0.39 is 6.10 Å². The van der Waals surface area contributed by atoms with E-state index in [4.69, 9.17) is 0 Å². The Morgan fingerprint density at radius 2 is 2.38 bits per heavy atom. The molecule has 2 aromatic rings. The summed E-state index contributed by atoms with van der Waals surface area (Å²) in [6, 6.07) is 0. The summed E-state index contributed by atoms with van der Waals surface area (Å²) in [5.74, 6) is 0.464. The van der Waals surface area contributed by atoms with Crippen molar-refractivity contribution in [1.29, 1.82) is 0 Å². The molecule has 2 aromatic heterocycles. The largest absolute Gasteiger partial charge is 0.385 e. The van der Waals surface area contributed by atoms with Crippen molar-refractivity contribution in [1.82, 2.24) is 25.0 Å². The Kier molecular flexibility index (Phi) is 3.06. The van der Waals surface area contributed by atoms with Crippen LogP contribution in [-0.2, 0) is 13.5 Å². The molecule has 1 atom stereocenters. The van der Waals surface area contributed by atoms with E-state index in [1.54, 1.807) is 4.68 Å². The molecule has 2 N–H and O–H groups in total. The van der Waals surface area contributed by atoms with Crippen LogP contribution in [0.15, 0.2) is 10.8 Å². The zero-order valence-corrected chi connectivity index (χ0v) is 10.6. The molecule has 1 unspecified atom stereocenters. The average molecular weight is 286 g/mol. The molecule has 0 aliphatic heterocycles. The minimum absolute atomic E-state index is 0.438. The molecule has 16 heavy (non-hydrogen) atoms. The van der Waals surface area contributed by atoms with Gasteiger partial charge < -0.3 is 5.11 Å². The van der Waals surface area contributed by atoms with Crippen molar-refractivity contribution >= 4 is 15.9 Å². The number of aliphatic hydroxyl groups excluding tert-OH is 1. The summed E-state index contributed by atoms with van der Waals surface area (Å²) in [7, 11) is 1.85. The Hall–Kier alpha value is -1.21. The van der Waals surface area contributed by atoms with Crippen LogP contribution in [0.1, 0.15) is 23.3 Å². The van der Waals surface area contributed by atoms with E-state index in [0.717, 1.165) is 15.9 Å². The van der Waals surface area contributed by atoms with Crippen LogP contribution < -0.4 is 0 Å². The zero-order chi connectivity index (χ0) is 11.7. The number of nitrogens with one attached hydrogen (secondary N) is 1. The Morgan fingerprint density at radius 3 is 2.88 bits per heavy atom. The summed E-state index contributed by atoms with van der Waals surface area (Å²) < 4.78 is 2.67. The van der Waals surface area contributed by atoms with Gasteiger partial charge in [-0.3, -0.25) is 9.78 Å². The third-order valence-electron chi connectivity index (χ3n) is 2.40. The summed E-state index contributed by atoms with van der Waals surface area (Å²) in [5.41, 5.74) is 1.84. The standard InChI is InChI=1S/C9H12BrN5O/c1-5-8(10)6(15(2)14-5)3-7(16)9-11-4-12-13-9/h4,7,16H,3H2,1-2H3,(H,11,12,13). The molecule has 0 spiro atoms. The SMILES string of the molecule is Cc1nn(C)c(CC(O)c2ncn[nH]2)c1Br. The Bertz CT molecular complexity index is 478. The lowest BCUT2D eigenvalue weighted by Gasteiger charge is -2.07. The Labute approximate surface area is 101 Å². The molecule has 0 saturated carbocycles. The second-order valence-corrected chi connectivity index (χ2v) is 4.35. The van der Waals surface area contributed by atoms with Gasteiger partial charge in [-0.15, -0.1) is 0 Å². The molecule has 0 aromatic carbocycles. The van der Waals surface area contributed by atoms with Gasteiger partial charge in [0.1, 0.15) is 12.4 Å². The first kappa shape index (κ1) is 11.3. The van der Waals surface area contributed by atoms with Crippen LogP contribution >= 0.6 is 15.9 Å². The van der Waals surface area contributed by atoms with Gasteiger partial charge in [-0.05, 0) is 22.9 Å². The first-order valence-electron chi connectivity index (χ1n) is 4.81. The molecule has 6 nitrogen and oxygen atoms in total. The van der Waals surface area contributed by atoms with E-state index in [1.165, 1.54) is 6.33 Å². The van der Waals surface area contributed by atoms with E-state index >= 15 is 0 Å². The highest BCUT2D eigenvalue weighted by molar-refractivity contribution is 9.10. The summed E-state index contributed by atoms with van der Waals surface area (Å²) >= 11 is 3.45. The van der Waals surface area contributed by atoms with Crippen LogP contribution in [0, 0.1) is 6.92 Å². The fraction of sp³-hybridized carbons (Fsp3) is 0.444. The van der Waals surface area contributed by atoms with Crippen LogP contribution in [0.3, 0.4) is 0 Å². The van der Waals surface area contributed by atoms with E-state index in [1.807, 2.05) is 14.0 Å². The third-order valence-corrected chi connectivity index (χ3v) is 3.43. The highest BCUT2D eigenvalue weighted by Crippen LogP contribution is 2.24. The lowest BCUT2D eigenvalue weighted by atomic mass is 10.2. The predicted octanol–water partition coefficient (Wildman–Crippen LogP) is 0.885. The van der Waals surface area contributed by atoms with E-state index in [2.05, 4.69) is 36.2 Å². The fourth-order valence-electron chi connectivity index (χ4n) is 1.56. The van der Waals surface area contributed by atoms with Gasteiger partial charge in [0.05, 0.1) is 15.9 Å². The van der Waals surface area contributed by atoms with Crippen molar-refractivity contribution < 1.29 is 5.11 Å². The summed E-state index contributed by atoms with van der Waals surface area (Å²) in [6.07, 6.45) is 1.11. The lowest BCUT2D eigenvalue weighted by Crippen LogP contribution is -2.08. The number of rotatable bonds is 3. The van der Waals surface area contributed by atoms with Gasteiger partial charge in [0.2, 0.25) is 0 Å². The summed E-state index contributed by atoms with van der Waals surface area (Å²) in [5, 5.41) is 20.5. The molecular formula is C9H12BrN5O. The van der Waals surface area contributed by atoms with Gasteiger partial charge in [0.15, 0.2) is 5.82 Å². The van der Waals surface area contributed by atoms with Crippen LogP contribution in [0.2, 0.25) is 0 Å². The maximum atomic E-state index is 9.93. The zero-order valence-electron chi connectivity index (χ0n) is 8.98. The highest BCUT2D eigenvalue weighted by atomic mass is 79.9. The predicted molar refractivity (Wildman–Crippen MR) is 60.7 cm³/mol. The molecule has 2 rings (SSSR count). The van der Waals surface area contributed by atoms with Crippen molar-refractivity contribution in [2.45, 2.75) is 19.4 Å². The van der Waals surface area contributed by atoms with Gasteiger partial charge in [-0.1, -0.05) is 0 Å². The number of hydrogen-bond donors (Lipinski definition) is 2. The van der Waals surface area contributed by atoms with E-state index in [0.29, 0.717) is 12.2 Å². The number of halogens is 1. The molecular weight excluding hydrogens is 274 g/mol. The number of aliphatic hydroxyl groups is 1. The second kappa shape index (κ2) is 4.34.